The van der Waals surface area contributed by atoms with Crippen molar-refractivity contribution in [1.29, 1.82) is 0 Å². The Balaban J connectivity index is 1.34. The van der Waals surface area contributed by atoms with Gasteiger partial charge in [0.05, 0.1) is 4.88 Å². The zero-order valence-corrected chi connectivity index (χ0v) is 17.6. The van der Waals surface area contributed by atoms with Crippen LogP contribution in [0.1, 0.15) is 48.2 Å². The van der Waals surface area contributed by atoms with Crippen LogP contribution in [0.15, 0.2) is 41.3 Å². The van der Waals surface area contributed by atoms with Crippen LogP contribution < -0.4 is 5.32 Å². The number of piperidine rings is 1. The summed E-state index contributed by atoms with van der Waals surface area (Å²) in [5, 5.41) is 3.20. The molecule has 0 spiro atoms. The van der Waals surface area contributed by atoms with Gasteiger partial charge in [0.2, 0.25) is 5.91 Å². The molecular weight excluding hydrogens is 388 g/mol. The Morgan fingerprint density at radius 1 is 1.00 bits per heavy atom. The molecule has 0 radical (unpaired) electrons. The fourth-order valence-corrected chi connectivity index (χ4v) is 5.54. The van der Waals surface area contributed by atoms with Crippen LogP contribution in [0, 0.1) is 5.92 Å². The van der Waals surface area contributed by atoms with E-state index in [2.05, 4.69) is 17.9 Å². The van der Waals surface area contributed by atoms with Gasteiger partial charge in [-0.1, -0.05) is 31.0 Å². The van der Waals surface area contributed by atoms with E-state index in [-0.39, 0.29) is 17.7 Å². The Hall–Kier alpha value is -1.79. The average Bonchev–Trinajstić information content (AvgIpc) is 3.40. The Labute approximate surface area is 175 Å². The van der Waals surface area contributed by atoms with E-state index in [1.54, 1.807) is 0 Å². The molecule has 0 atom stereocenters. The second-order valence-corrected chi connectivity index (χ2v) is 9.30. The van der Waals surface area contributed by atoms with Crippen LogP contribution in [0.3, 0.4) is 0 Å². The molecule has 1 aliphatic heterocycles. The van der Waals surface area contributed by atoms with E-state index in [0.717, 1.165) is 45.9 Å². The van der Waals surface area contributed by atoms with E-state index in [1.165, 1.54) is 24.2 Å². The molecule has 2 fully saturated rings. The van der Waals surface area contributed by atoms with Crippen molar-refractivity contribution in [2.24, 2.45) is 5.92 Å². The molecule has 1 aromatic carbocycles. The molecular formula is C22H26N2O2S2. The van der Waals surface area contributed by atoms with Crippen molar-refractivity contribution in [3.8, 4) is 10.4 Å². The maximum Gasteiger partial charge on any atom is 0.263 e. The predicted molar refractivity (Wildman–Crippen MR) is 116 cm³/mol. The minimum absolute atomic E-state index is 0.0413. The SMILES string of the molecule is O=C(NC1CCCC1)C1CCN(C(=O)c2ccc(-c3ccccc3S)s2)CC1. The third kappa shape index (κ3) is 4.28. The van der Waals surface area contributed by atoms with Gasteiger partial charge < -0.3 is 10.2 Å². The summed E-state index contributed by atoms with van der Waals surface area (Å²) in [5.74, 6) is 0.296. The number of thiophene rings is 1. The summed E-state index contributed by atoms with van der Waals surface area (Å²) in [6.07, 6.45) is 6.17. The fraction of sp³-hybridized carbons (Fsp3) is 0.455. The first-order chi connectivity index (χ1) is 13.6. The predicted octanol–water partition coefficient (Wildman–Crippen LogP) is 4.61. The summed E-state index contributed by atoms with van der Waals surface area (Å²) in [4.78, 5) is 30.0. The third-order valence-corrected chi connectivity index (χ3v) is 7.34. The number of rotatable bonds is 4. The lowest BCUT2D eigenvalue weighted by Crippen LogP contribution is -2.44. The van der Waals surface area contributed by atoms with Crippen molar-refractivity contribution in [3.05, 3.63) is 41.3 Å². The van der Waals surface area contributed by atoms with Gasteiger partial charge >= 0.3 is 0 Å². The number of nitrogens with one attached hydrogen (secondary N) is 1. The summed E-state index contributed by atoms with van der Waals surface area (Å²) in [6, 6.07) is 12.2. The number of amides is 2. The second-order valence-electron chi connectivity index (χ2n) is 7.74. The van der Waals surface area contributed by atoms with Gasteiger partial charge in [-0.3, -0.25) is 9.59 Å². The average molecular weight is 415 g/mol. The van der Waals surface area contributed by atoms with Crippen molar-refractivity contribution in [2.75, 3.05) is 13.1 Å². The monoisotopic (exact) mass is 414 g/mol. The Kier molecular flexibility index (Phi) is 6.07. The second kappa shape index (κ2) is 8.70. The van der Waals surface area contributed by atoms with Crippen LogP contribution in [-0.4, -0.2) is 35.8 Å². The number of hydrogen-bond acceptors (Lipinski definition) is 4. The first kappa shape index (κ1) is 19.5. The van der Waals surface area contributed by atoms with Gasteiger partial charge in [0.15, 0.2) is 0 Å². The number of carbonyl (C=O) groups excluding carboxylic acids is 2. The van der Waals surface area contributed by atoms with Crippen molar-refractivity contribution in [2.45, 2.75) is 49.5 Å². The first-order valence-corrected chi connectivity index (χ1v) is 11.4. The first-order valence-electron chi connectivity index (χ1n) is 10.1. The largest absolute Gasteiger partial charge is 0.353 e. The molecule has 1 saturated heterocycles. The highest BCUT2D eigenvalue weighted by Crippen LogP contribution is 2.33. The van der Waals surface area contributed by atoms with E-state index in [0.29, 0.717) is 19.1 Å². The van der Waals surface area contributed by atoms with Gasteiger partial charge in [0, 0.05) is 40.4 Å². The summed E-state index contributed by atoms with van der Waals surface area (Å²) < 4.78 is 0. The zero-order chi connectivity index (χ0) is 19.5. The highest BCUT2D eigenvalue weighted by Gasteiger charge is 2.30. The van der Waals surface area contributed by atoms with Gasteiger partial charge in [0.25, 0.3) is 5.91 Å². The normalized spacial score (nSPS) is 18.4. The molecule has 6 heteroatoms. The molecule has 1 saturated carbocycles. The lowest BCUT2D eigenvalue weighted by molar-refractivity contribution is -0.127. The molecule has 0 bridgehead atoms. The van der Waals surface area contributed by atoms with Crippen molar-refractivity contribution < 1.29 is 9.59 Å². The Morgan fingerprint density at radius 3 is 2.43 bits per heavy atom. The minimum Gasteiger partial charge on any atom is -0.353 e. The number of nitrogens with zero attached hydrogens (tertiary/aromatic N) is 1. The molecule has 1 N–H and O–H groups in total. The Bertz CT molecular complexity index is 850. The highest BCUT2D eigenvalue weighted by molar-refractivity contribution is 7.80. The summed E-state index contributed by atoms with van der Waals surface area (Å²) in [7, 11) is 0. The van der Waals surface area contributed by atoms with E-state index < -0.39 is 0 Å². The molecule has 148 valence electrons. The molecule has 4 rings (SSSR count). The van der Waals surface area contributed by atoms with Crippen LogP contribution in [-0.2, 0) is 4.79 Å². The maximum atomic E-state index is 12.9. The zero-order valence-electron chi connectivity index (χ0n) is 15.9. The van der Waals surface area contributed by atoms with Gasteiger partial charge in [-0.15, -0.1) is 24.0 Å². The van der Waals surface area contributed by atoms with E-state index in [9.17, 15) is 9.59 Å². The molecule has 1 aromatic heterocycles. The summed E-state index contributed by atoms with van der Waals surface area (Å²) in [5.41, 5.74) is 1.05. The van der Waals surface area contributed by atoms with Crippen LogP contribution in [0.25, 0.3) is 10.4 Å². The minimum atomic E-state index is 0.0413. The highest BCUT2D eigenvalue weighted by atomic mass is 32.1. The van der Waals surface area contributed by atoms with Crippen LogP contribution in [0.4, 0.5) is 0 Å². The van der Waals surface area contributed by atoms with Gasteiger partial charge in [0.1, 0.15) is 0 Å². The number of likely N-dealkylation sites (tertiary alicyclic amines) is 1. The maximum absolute atomic E-state index is 12.9. The Morgan fingerprint density at radius 2 is 1.71 bits per heavy atom. The van der Waals surface area contributed by atoms with E-state index in [4.69, 9.17) is 0 Å². The van der Waals surface area contributed by atoms with Crippen LogP contribution >= 0.6 is 24.0 Å². The quantitative estimate of drug-likeness (QED) is 0.718. The molecule has 4 nitrogen and oxygen atoms in total. The molecule has 28 heavy (non-hydrogen) atoms. The number of thiol groups is 1. The van der Waals surface area contributed by atoms with Crippen LogP contribution in [0.2, 0.25) is 0 Å². The van der Waals surface area contributed by atoms with E-state index in [1.807, 2.05) is 41.3 Å². The van der Waals surface area contributed by atoms with Crippen molar-refractivity contribution in [1.82, 2.24) is 10.2 Å². The number of benzene rings is 1. The summed E-state index contributed by atoms with van der Waals surface area (Å²) in [6.45, 7) is 1.30. The van der Waals surface area contributed by atoms with Gasteiger partial charge in [-0.25, -0.2) is 0 Å². The van der Waals surface area contributed by atoms with Crippen molar-refractivity contribution in [3.63, 3.8) is 0 Å². The third-order valence-electron chi connectivity index (χ3n) is 5.84. The van der Waals surface area contributed by atoms with Crippen molar-refractivity contribution >= 4 is 35.8 Å². The molecule has 2 aliphatic rings. The molecule has 0 unspecified atom stereocenters. The van der Waals surface area contributed by atoms with E-state index >= 15 is 0 Å². The lowest BCUT2D eigenvalue weighted by atomic mass is 9.95. The van der Waals surface area contributed by atoms with Gasteiger partial charge in [-0.2, -0.15) is 0 Å². The smallest absolute Gasteiger partial charge is 0.263 e. The standard InChI is InChI=1S/C22H26N2O2S2/c25-21(23-16-5-1-2-6-16)15-11-13-24(14-12-15)22(26)20-10-9-19(28-20)17-7-3-4-8-18(17)27/h3-4,7-10,15-16,27H,1-2,5-6,11-14H2,(H,23,25). The topological polar surface area (TPSA) is 49.4 Å². The number of hydrogen-bond donors (Lipinski definition) is 2. The molecule has 1 aliphatic carbocycles. The fourth-order valence-electron chi connectivity index (χ4n) is 4.17. The molecule has 2 aromatic rings. The lowest BCUT2D eigenvalue weighted by Gasteiger charge is -2.31. The van der Waals surface area contributed by atoms with Crippen LogP contribution in [0.5, 0.6) is 0 Å². The number of carbonyl (C=O) groups is 2. The molecule has 2 amide bonds. The molecule has 2 heterocycles. The van der Waals surface area contributed by atoms with Gasteiger partial charge in [-0.05, 0) is 43.9 Å². The summed E-state index contributed by atoms with van der Waals surface area (Å²) >= 11 is 6.03.